The lowest BCUT2D eigenvalue weighted by Gasteiger charge is -2.31. The van der Waals surface area contributed by atoms with Crippen molar-refractivity contribution in [2.45, 2.75) is 43.7 Å². The first-order chi connectivity index (χ1) is 8.94. The molecule has 6 heteroatoms. The molecule has 0 radical (unpaired) electrons. The van der Waals surface area contributed by atoms with Gasteiger partial charge in [0.2, 0.25) is 10.0 Å². The van der Waals surface area contributed by atoms with Gasteiger partial charge in [-0.05, 0) is 49.4 Å². The van der Waals surface area contributed by atoms with Crippen LogP contribution in [-0.2, 0) is 16.6 Å². The van der Waals surface area contributed by atoms with Crippen LogP contribution in [0.25, 0.3) is 0 Å². The average Bonchev–Trinajstić information content (AvgIpc) is 2.26. The lowest BCUT2D eigenvalue weighted by atomic mass is 9.81. The Morgan fingerprint density at radius 3 is 2.68 bits per heavy atom. The maximum Gasteiger partial charge on any atom is 0.240 e. The highest BCUT2D eigenvalue weighted by Gasteiger charge is 2.28. The molecule has 1 unspecified atom stereocenters. The first-order valence-corrected chi connectivity index (χ1v) is 8.31. The summed E-state index contributed by atoms with van der Waals surface area (Å²) < 4.78 is 27.3. The van der Waals surface area contributed by atoms with Gasteiger partial charge in [-0.15, -0.1) is 0 Å². The summed E-state index contributed by atoms with van der Waals surface area (Å²) in [7, 11) is -3.49. The number of halogens is 1. The molecular weight excluding hydrogens is 284 g/mol. The van der Waals surface area contributed by atoms with E-state index >= 15 is 0 Å². The third kappa shape index (κ3) is 3.28. The zero-order chi connectivity index (χ0) is 14.0. The molecule has 0 heterocycles. The fourth-order valence-corrected chi connectivity index (χ4v) is 3.78. The smallest absolute Gasteiger partial charge is 0.240 e. The van der Waals surface area contributed by atoms with Crippen molar-refractivity contribution >= 4 is 21.6 Å². The molecule has 1 aliphatic carbocycles. The Balaban J connectivity index is 2.18. The van der Waals surface area contributed by atoms with E-state index in [2.05, 4.69) is 4.72 Å². The standard InChI is InChI=1S/C13H19ClN2O2S/c1-9(10-3-2-4-10)16-19(17,18)12-5-6-13(14)11(7-12)8-15/h5-7,9-10,16H,2-4,8,15H2,1H3. The van der Waals surface area contributed by atoms with Gasteiger partial charge in [-0.3, -0.25) is 0 Å². The monoisotopic (exact) mass is 302 g/mol. The van der Waals surface area contributed by atoms with Crippen molar-refractivity contribution in [1.29, 1.82) is 0 Å². The lowest BCUT2D eigenvalue weighted by Crippen LogP contribution is -2.40. The molecule has 19 heavy (non-hydrogen) atoms. The van der Waals surface area contributed by atoms with E-state index in [4.69, 9.17) is 17.3 Å². The van der Waals surface area contributed by atoms with Gasteiger partial charge in [-0.2, -0.15) is 0 Å². The van der Waals surface area contributed by atoms with Gasteiger partial charge in [-0.25, -0.2) is 13.1 Å². The summed E-state index contributed by atoms with van der Waals surface area (Å²) in [5.41, 5.74) is 6.18. The summed E-state index contributed by atoms with van der Waals surface area (Å²) >= 11 is 5.94. The van der Waals surface area contributed by atoms with Crippen LogP contribution in [0.4, 0.5) is 0 Å². The molecule has 0 saturated heterocycles. The van der Waals surface area contributed by atoms with Crippen LogP contribution in [0.15, 0.2) is 23.1 Å². The highest BCUT2D eigenvalue weighted by atomic mass is 35.5. The first-order valence-electron chi connectivity index (χ1n) is 6.45. The number of hydrogen-bond acceptors (Lipinski definition) is 3. The Hall–Kier alpha value is -0.620. The molecule has 1 aromatic rings. The fraction of sp³-hybridized carbons (Fsp3) is 0.538. The lowest BCUT2D eigenvalue weighted by molar-refractivity contribution is 0.260. The molecule has 3 N–H and O–H groups in total. The molecular formula is C13H19ClN2O2S. The Kier molecular flexibility index (Phi) is 4.50. The summed E-state index contributed by atoms with van der Waals surface area (Å²) in [4.78, 5) is 0.225. The molecule has 0 aromatic heterocycles. The minimum Gasteiger partial charge on any atom is -0.326 e. The Labute approximate surface area is 119 Å². The van der Waals surface area contributed by atoms with E-state index in [0.29, 0.717) is 16.5 Å². The van der Waals surface area contributed by atoms with E-state index in [9.17, 15) is 8.42 Å². The van der Waals surface area contributed by atoms with Crippen LogP contribution < -0.4 is 10.5 Å². The van der Waals surface area contributed by atoms with E-state index in [1.807, 2.05) is 6.92 Å². The second kappa shape index (κ2) is 5.79. The fourth-order valence-electron chi connectivity index (χ4n) is 2.22. The van der Waals surface area contributed by atoms with Crippen molar-refractivity contribution in [2.75, 3.05) is 0 Å². The van der Waals surface area contributed by atoms with Crippen LogP contribution in [0.3, 0.4) is 0 Å². The van der Waals surface area contributed by atoms with Crippen LogP contribution in [0, 0.1) is 5.92 Å². The van der Waals surface area contributed by atoms with Crippen LogP contribution >= 0.6 is 11.6 Å². The first kappa shape index (κ1) is 14.8. The Morgan fingerprint density at radius 1 is 1.47 bits per heavy atom. The van der Waals surface area contributed by atoms with Gasteiger partial charge in [0.1, 0.15) is 0 Å². The second-order valence-corrected chi connectivity index (χ2v) is 7.18. The van der Waals surface area contributed by atoms with Crippen LogP contribution in [-0.4, -0.2) is 14.5 Å². The molecule has 1 aliphatic rings. The van der Waals surface area contributed by atoms with Gasteiger partial charge in [0.15, 0.2) is 0 Å². The van der Waals surface area contributed by atoms with E-state index < -0.39 is 10.0 Å². The topological polar surface area (TPSA) is 72.2 Å². The van der Waals surface area contributed by atoms with Crippen molar-refractivity contribution in [2.24, 2.45) is 11.7 Å². The van der Waals surface area contributed by atoms with Crippen LogP contribution in [0.1, 0.15) is 31.7 Å². The summed E-state index contributed by atoms with van der Waals surface area (Å²) in [6.45, 7) is 2.14. The summed E-state index contributed by atoms with van der Waals surface area (Å²) in [5, 5.41) is 0.494. The molecule has 0 bridgehead atoms. The summed E-state index contributed by atoms with van der Waals surface area (Å²) in [5.74, 6) is 0.455. The molecule has 0 spiro atoms. The van der Waals surface area contributed by atoms with E-state index in [1.165, 1.54) is 18.6 Å². The number of rotatable bonds is 5. The number of benzene rings is 1. The van der Waals surface area contributed by atoms with Gasteiger partial charge < -0.3 is 5.73 Å². The van der Waals surface area contributed by atoms with Crippen LogP contribution in [0.2, 0.25) is 5.02 Å². The predicted octanol–water partition coefficient (Wildman–Crippen LogP) is 2.27. The molecule has 1 fully saturated rings. The van der Waals surface area contributed by atoms with Crippen molar-refractivity contribution in [3.63, 3.8) is 0 Å². The van der Waals surface area contributed by atoms with E-state index in [-0.39, 0.29) is 17.5 Å². The molecule has 1 atom stereocenters. The Morgan fingerprint density at radius 2 is 2.16 bits per heavy atom. The van der Waals surface area contributed by atoms with Gasteiger partial charge in [0.25, 0.3) is 0 Å². The molecule has 1 aromatic carbocycles. The van der Waals surface area contributed by atoms with Crippen molar-refractivity contribution < 1.29 is 8.42 Å². The molecule has 1 saturated carbocycles. The van der Waals surface area contributed by atoms with Gasteiger partial charge in [0.05, 0.1) is 4.90 Å². The molecule has 0 amide bonds. The molecule has 4 nitrogen and oxygen atoms in total. The maximum absolute atomic E-state index is 12.3. The minimum absolute atomic E-state index is 0.0317. The van der Waals surface area contributed by atoms with Gasteiger partial charge in [-0.1, -0.05) is 18.0 Å². The van der Waals surface area contributed by atoms with Crippen molar-refractivity contribution in [1.82, 2.24) is 4.72 Å². The normalized spacial score (nSPS) is 18.1. The average molecular weight is 303 g/mol. The van der Waals surface area contributed by atoms with E-state index in [1.54, 1.807) is 6.07 Å². The largest absolute Gasteiger partial charge is 0.326 e. The quantitative estimate of drug-likeness (QED) is 0.876. The summed E-state index contributed by atoms with van der Waals surface area (Å²) in [6.07, 6.45) is 3.38. The van der Waals surface area contributed by atoms with Crippen molar-refractivity contribution in [3.8, 4) is 0 Å². The third-order valence-electron chi connectivity index (χ3n) is 3.75. The highest BCUT2D eigenvalue weighted by molar-refractivity contribution is 7.89. The number of nitrogens with two attached hydrogens (primary N) is 1. The Bertz CT molecular complexity index is 556. The maximum atomic E-state index is 12.3. The molecule has 2 rings (SSSR count). The highest BCUT2D eigenvalue weighted by Crippen LogP contribution is 2.30. The van der Waals surface area contributed by atoms with Gasteiger partial charge in [0, 0.05) is 17.6 Å². The predicted molar refractivity (Wildman–Crippen MR) is 76.5 cm³/mol. The zero-order valence-electron chi connectivity index (χ0n) is 10.9. The zero-order valence-corrected chi connectivity index (χ0v) is 12.5. The molecule has 106 valence electrons. The second-order valence-electron chi connectivity index (χ2n) is 5.06. The molecule has 0 aliphatic heterocycles. The van der Waals surface area contributed by atoms with E-state index in [0.717, 1.165) is 12.8 Å². The number of nitrogens with one attached hydrogen (secondary N) is 1. The number of sulfonamides is 1. The SMILES string of the molecule is CC(NS(=O)(=O)c1ccc(Cl)c(CN)c1)C1CCC1. The number of hydrogen-bond donors (Lipinski definition) is 2. The van der Waals surface area contributed by atoms with Gasteiger partial charge >= 0.3 is 0 Å². The van der Waals surface area contributed by atoms with Crippen LogP contribution in [0.5, 0.6) is 0 Å². The third-order valence-corrected chi connectivity index (χ3v) is 5.67. The summed E-state index contributed by atoms with van der Waals surface area (Å²) in [6, 6.07) is 4.60. The van der Waals surface area contributed by atoms with Crippen molar-refractivity contribution in [3.05, 3.63) is 28.8 Å². The minimum atomic E-state index is -3.49.